The minimum atomic E-state index is -4.33. The number of aliphatic hydroxyl groups is 1. The zero-order chi connectivity index (χ0) is 15.5. The highest BCUT2D eigenvalue weighted by Crippen LogP contribution is 2.33. The van der Waals surface area contributed by atoms with Gasteiger partial charge in [-0.2, -0.15) is 13.2 Å². The third-order valence-electron chi connectivity index (χ3n) is 2.98. The molecule has 1 unspecified atom stereocenters. The lowest BCUT2D eigenvalue weighted by molar-refractivity contribution is -0.137. The zero-order valence-electron chi connectivity index (χ0n) is 11.3. The van der Waals surface area contributed by atoms with Crippen LogP contribution in [0, 0.1) is 0 Å². The third-order valence-corrected chi connectivity index (χ3v) is 4.30. The van der Waals surface area contributed by atoms with Crippen molar-refractivity contribution < 1.29 is 18.3 Å². The van der Waals surface area contributed by atoms with Crippen LogP contribution in [0.3, 0.4) is 0 Å². The van der Waals surface area contributed by atoms with Crippen LogP contribution in [0.25, 0.3) is 0 Å². The van der Waals surface area contributed by atoms with Crippen LogP contribution in [0.5, 0.6) is 0 Å². The largest absolute Gasteiger partial charge is 0.416 e. The van der Waals surface area contributed by atoms with Crippen molar-refractivity contribution >= 4 is 11.8 Å². The summed E-state index contributed by atoms with van der Waals surface area (Å²) in [4.78, 5) is 4.62. The average Bonchev–Trinajstić information content (AvgIpc) is 2.46. The average molecular weight is 313 g/mol. The van der Waals surface area contributed by atoms with Gasteiger partial charge < -0.3 is 5.11 Å². The summed E-state index contributed by atoms with van der Waals surface area (Å²) in [6, 6.07) is 8.40. The molecule has 2 rings (SSSR count). The first-order valence-corrected chi connectivity index (χ1v) is 7.20. The van der Waals surface area contributed by atoms with Gasteiger partial charge in [0.25, 0.3) is 0 Å². The van der Waals surface area contributed by atoms with Crippen LogP contribution in [-0.2, 0) is 11.8 Å². The first-order valence-electron chi connectivity index (χ1n) is 6.22. The standard InChI is InChI=1S/C15H14F3NOS/c1-14(20,12-3-2-8-19-9-12)10-21-13-6-4-11(5-7-13)15(16,17)18/h2-9,20H,10H2,1H3. The monoisotopic (exact) mass is 313 g/mol. The summed E-state index contributed by atoms with van der Waals surface area (Å²) in [5.74, 6) is 0.323. The number of hydrogen-bond acceptors (Lipinski definition) is 3. The van der Waals surface area contributed by atoms with Crippen molar-refractivity contribution in [3.63, 3.8) is 0 Å². The van der Waals surface area contributed by atoms with Crippen LogP contribution in [0.2, 0.25) is 0 Å². The van der Waals surface area contributed by atoms with Crippen LogP contribution in [0.15, 0.2) is 53.7 Å². The Morgan fingerprint density at radius 1 is 1.10 bits per heavy atom. The third kappa shape index (κ3) is 4.22. The Labute approximate surface area is 125 Å². The summed E-state index contributed by atoms with van der Waals surface area (Å²) in [7, 11) is 0. The maximum atomic E-state index is 12.5. The molecule has 0 radical (unpaired) electrons. The summed E-state index contributed by atoms with van der Waals surface area (Å²) in [5, 5.41) is 10.4. The first kappa shape index (κ1) is 15.9. The molecule has 0 aliphatic heterocycles. The molecule has 0 saturated carbocycles. The van der Waals surface area contributed by atoms with E-state index in [9.17, 15) is 18.3 Å². The maximum absolute atomic E-state index is 12.5. The molecule has 112 valence electrons. The molecule has 2 aromatic rings. The Hall–Kier alpha value is -1.53. The SMILES string of the molecule is CC(O)(CSc1ccc(C(F)(F)F)cc1)c1cccnc1. The predicted molar refractivity (Wildman–Crippen MR) is 76.0 cm³/mol. The van der Waals surface area contributed by atoms with Crippen molar-refractivity contribution in [2.45, 2.75) is 23.6 Å². The lowest BCUT2D eigenvalue weighted by Gasteiger charge is -2.23. The van der Waals surface area contributed by atoms with Gasteiger partial charge in [-0.25, -0.2) is 0 Å². The number of hydrogen-bond donors (Lipinski definition) is 1. The van der Waals surface area contributed by atoms with Gasteiger partial charge in [-0.05, 0) is 37.3 Å². The van der Waals surface area contributed by atoms with Crippen molar-refractivity contribution in [2.75, 3.05) is 5.75 Å². The second-order valence-corrected chi connectivity index (χ2v) is 5.88. The second-order valence-electron chi connectivity index (χ2n) is 4.83. The van der Waals surface area contributed by atoms with Crippen LogP contribution in [0.1, 0.15) is 18.1 Å². The number of halogens is 3. The normalized spacial score (nSPS) is 14.7. The first-order chi connectivity index (χ1) is 9.79. The van der Waals surface area contributed by atoms with Gasteiger partial charge in [-0.15, -0.1) is 11.8 Å². The van der Waals surface area contributed by atoms with E-state index in [0.717, 1.165) is 12.1 Å². The number of rotatable bonds is 4. The van der Waals surface area contributed by atoms with E-state index in [0.29, 0.717) is 16.2 Å². The number of pyridine rings is 1. The van der Waals surface area contributed by atoms with Crippen molar-refractivity contribution in [3.05, 3.63) is 59.9 Å². The smallest absolute Gasteiger partial charge is 0.385 e. The fourth-order valence-corrected chi connectivity index (χ4v) is 2.67. The van der Waals surface area contributed by atoms with Crippen LogP contribution in [-0.4, -0.2) is 15.8 Å². The van der Waals surface area contributed by atoms with Crippen LogP contribution >= 0.6 is 11.8 Å². The molecule has 1 aromatic carbocycles. The Morgan fingerprint density at radius 3 is 2.29 bits per heavy atom. The quantitative estimate of drug-likeness (QED) is 0.863. The molecule has 0 bridgehead atoms. The minimum absolute atomic E-state index is 0.323. The Morgan fingerprint density at radius 2 is 1.76 bits per heavy atom. The topological polar surface area (TPSA) is 33.1 Å². The van der Waals surface area contributed by atoms with Crippen molar-refractivity contribution in [3.8, 4) is 0 Å². The number of aromatic nitrogens is 1. The number of thioether (sulfide) groups is 1. The lowest BCUT2D eigenvalue weighted by atomic mass is 10.0. The van der Waals surface area contributed by atoms with E-state index in [1.54, 1.807) is 31.5 Å². The molecule has 0 amide bonds. The molecule has 2 nitrogen and oxygen atoms in total. The minimum Gasteiger partial charge on any atom is -0.385 e. The molecule has 0 spiro atoms. The lowest BCUT2D eigenvalue weighted by Crippen LogP contribution is -2.24. The van der Waals surface area contributed by atoms with Crippen LogP contribution < -0.4 is 0 Å². The van der Waals surface area contributed by atoms with E-state index in [-0.39, 0.29) is 0 Å². The van der Waals surface area contributed by atoms with E-state index >= 15 is 0 Å². The van der Waals surface area contributed by atoms with Crippen molar-refractivity contribution in [2.24, 2.45) is 0 Å². The molecule has 6 heteroatoms. The summed E-state index contributed by atoms with van der Waals surface area (Å²) in [6.07, 6.45) is -1.14. The van der Waals surface area contributed by atoms with E-state index in [1.165, 1.54) is 23.9 Å². The molecule has 0 aliphatic rings. The fourth-order valence-electron chi connectivity index (χ4n) is 1.73. The molecule has 1 heterocycles. The molecule has 1 aromatic heterocycles. The van der Waals surface area contributed by atoms with E-state index in [1.807, 2.05) is 0 Å². The summed E-state index contributed by atoms with van der Waals surface area (Å²) in [5.41, 5.74) is -1.10. The van der Waals surface area contributed by atoms with Gasteiger partial charge in [0.15, 0.2) is 0 Å². The van der Waals surface area contributed by atoms with Gasteiger partial charge in [-0.3, -0.25) is 4.98 Å². The van der Waals surface area contributed by atoms with Crippen LogP contribution in [0.4, 0.5) is 13.2 Å². The van der Waals surface area contributed by atoms with Crippen molar-refractivity contribution in [1.82, 2.24) is 4.98 Å². The molecule has 1 N–H and O–H groups in total. The van der Waals surface area contributed by atoms with E-state index in [2.05, 4.69) is 4.98 Å². The molecule has 0 fully saturated rings. The van der Waals surface area contributed by atoms with Gasteiger partial charge in [0.2, 0.25) is 0 Å². The number of nitrogens with zero attached hydrogens (tertiary/aromatic N) is 1. The Balaban J connectivity index is 2.03. The van der Waals surface area contributed by atoms with Gasteiger partial charge >= 0.3 is 6.18 Å². The summed E-state index contributed by atoms with van der Waals surface area (Å²) in [6.45, 7) is 1.65. The molecular formula is C15H14F3NOS. The zero-order valence-corrected chi connectivity index (χ0v) is 12.1. The Bertz CT molecular complexity index is 582. The van der Waals surface area contributed by atoms with Gasteiger partial charge in [0.05, 0.1) is 11.2 Å². The maximum Gasteiger partial charge on any atom is 0.416 e. The predicted octanol–water partition coefficient (Wildman–Crippen LogP) is 4.10. The number of benzene rings is 1. The molecular weight excluding hydrogens is 299 g/mol. The van der Waals surface area contributed by atoms with Gasteiger partial charge in [0.1, 0.15) is 0 Å². The van der Waals surface area contributed by atoms with Gasteiger partial charge in [0, 0.05) is 28.6 Å². The Kier molecular flexibility index (Phi) is 4.58. The van der Waals surface area contributed by atoms with Gasteiger partial charge in [-0.1, -0.05) is 6.07 Å². The highest BCUT2D eigenvalue weighted by Gasteiger charge is 2.30. The second kappa shape index (κ2) is 6.07. The fraction of sp³-hybridized carbons (Fsp3) is 0.267. The highest BCUT2D eigenvalue weighted by atomic mass is 32.2. The molecule has 0 aliphatic carbocycles. The number of alkyl halides is 3. The van der Waals surface area contributed by atoms with E-state index in [4.69, 9.17) is 0 Å². The van der Waals surface area contributed by atoms with E-state index < -0.39 is 17.3 Å². The van der Waals surface area contributed by atoms with Crippen molar-refractivity contribution in [1.29, 1.82) is 0 Å². The summed E-state index contributed by atoms with van der Waals surface area (Å²) >= 11 is 1.30. The molecule has 21 heavy (non-hydrogen) atoms. The molecule has 0 saturated heterocycles. The highest BCUT2D eigenvalue weighted by molar-refractivity contribution is 7.99. The summed E-state index contributed by atoms with van der Waals surface area (Å²) < 4.78 is 37.4. The molecule has 1 atom stereocenters.